The Morgan fingerprint density at radius 2 is 2.35 bits per heavy atom. The molecule has 2 aromatic heterocycles. The van der Waals surface area contributed by atoms with Gasteiger partial charge in [0, 0.05) is 24.4 Å². The first-order chi connectivity index (χ1) is 9.70. The van der Waals surface area contributed by atoms with E-state index in [4.69, 9.17) is 10.8 Å². The number of rotatable bonds is 6. The van der Waals surface area contributed by atoms with Crippen LogP contribution in [0.4, 0.5) is 0 Å². The minimum Gasteiger partial charge on any atom is -0.478 e. The minimum absolute atomic E-state index is 0.280. The predicted octanol–water partition coefficient (Wildman–Crippen LogP) is 1.17. The zero-order valence-electron chi connectivity index (χ0n) is 10.9. The van der Waals surface area contributed by atoms with Crippen molar-refractivity contribution in [3.8, 4) is 5.69 Å². The number of pyridine rings is 1. The van der Waals surface area contributed by atoms with Gasteiger partial charge in [-0.1, -0.05) is 6.08 Å². The lowest BCUT2D eigenvalue weighted by molar-refractivity contribution is -0.132. The monoisotopic (exact) mass is 272 g/mol. The van der Waals surface area contributed by atoms with Crippen molar-refractivity contribution < 1.29 is 9.90 Å². The second kappa shape index (κ2) is 6.63. The Kier molecular flexibility index (Phi) is 4.62. The summed E-state index contributed by atoms with van der Waals surface area (Å²) < 4.78 is 1.81. The van der Waals surface area contributed by atoms with Gasteiger partial charge in [-0.3, -0.25) is 4.98 Å². The molecule has 0 spiro atoms. The van der Waals surface area contributed by atoms with Gasteiger partial charge in [0.15, 0.2) is 0 Å². The van der Waals surface area contributed by atoms with Crippen molar-refractivity contribution in [3.63, 3.8) is 0 Å². The molecule has 0 aromatic carbocycles. The summed E-state index contributed by atoms with van der Waals surface area (Å²) in [6.45, 7) is 0.431. The van der Waals surface area contributed by atoms with Crippen LogP contribution in [0.25, 0.3) is 5.69 Å². The molecule has 0 bridgehead atoms. The molecule has 6 heteroatoms. The first-order valence-electron chi connectivity index (χ1n) is 6.26. The summed E-state index contributed by atoms with van der Waals surface area (Å²) in [7, 11) is 0. The summed E-state index contributed by atoms with van der Waals surface area (Å²) in [5, 5.41) is 9.13. The third kappa shape index (κ3) is 3.52. The number of hydrogen-bond donors (Lipinski definition) is 2. The van der Waals surface area contributed by atoms with E-state index in [-0.39, 0.29) is 6.42 Å². The predicted molar refractivity (Wildman–Crippen MR) is 74.5 cm³/mol. The molecule has 104 valence electrons. The highest BCUT2D eigenvalue weighted by Gasteiger charge is 2.10. The Hall–Kier alpha value is -2.47. The van der Waals surface area contributed by atoms with E-state index < -0.39 is 5.97 Å². The first kappa shape index (κ1) is 14.0. The van der Waals surface area contributed by atoms with Gasteiger partial charge in [-0.05, 0) is 25.1 Å². The van der Waals surface area contributed by atoms with Crippen LogP contribution in [0.3, 0.4) is 0 Å². The van der Waals surface area contributed by atoms with Crippen LogP contribution in [-0.4, -0.2) is 32.2 Å². The molecular formula is C14H16N4O2. The number of hydrogen-bond acceptors (Lipinski definition) is 4. The number of carboxylic acid groups (broad SMARTS) is 1. The van der Waals surface area contributed by atoms with Crippen LogP contribution < -0.4 is 5.73 Å². The van der Waals surface area contributed by atoms with Gasteiger partial charge in [0.25, 0.3) is 0 Å². The second-order valence-electron chi connectivity index (χ2n) is 4.27. The topological polar surface area (TPSA) is 94.0 Å². The van der Waals surface area contributed by atoms with Crippen LogP contribution >= 0.6 is 0 Å². The SMILES string of the molecule is NCC/C=C(/Cc1cn(-c2cccnc2)cn1)C(=O)O. The number of nitrogens with two attached hydrogens (primary N) is 1. The average Bonchev–Trinajstić information content (AvgIpc) is 2.92. The molecule has 0 fully saturated rings. The van der Waals surface area contributed by atoms with Gasteiger partial charge in [-0.2, -0.15) is 0 Å². The van der Waals surface area contributed by atoms with Crippen LogP contribution in [0.5, 0.6) is 0 Å². The third-order valence-corrected chi connectivity index (χ3v) is 2.78. The van der Waals surface area contributed by atoms with Crippen molar-refractivity contribution >= 4 is 5.97 Å². The van der Waals surface area contributed by atoms with E-state index in [9.17, 15) is 4.79 Å². The fraction of sp³-hybridized carbons (Fsp3) is 0.214. The van der Waals surface area contributed by atoms with Gasteiger partial charge >= 0.3 is 5.97 Å². The quantitative estimate of drug-likeness (QED) is 0.770. The maximum atomic E-state index is 11.1. The lowest BCUT2D eigenvalue weighted by atomic mass is 10.1. The fourth-order valence-corrected chi connectivity index (χ4v) is 1.79. The van der Waals surface area contributed by atoms with E-state index in [1.807, 2.05) is 16.7 Å². The number of aliphatic carboxylic acids is 1. The molecule has 0 atom stereocenters. The van der Waals surface area contributed by atoms with Gasteiger partial charge in [0.1, 0.15) is 0 Å². The van der Waals surface area contributed by atoms with Gasteiger partial charge in [-0.25, -0.2) is 9.78 Å². The Labute approximate surface area is 116 Å². The summed E-state index contributed by atoms with van der Waals surface area (Å²) in [6.07, 6.45) is 9.33. The highest BCUT2D eigenvalue weighted by atomic mass is 16.4. The molecule has 0 aliphatic carbocycles. The van der Waals surface area contributed by atoms with Gasteiger partial charge < -0.3 is 15.4 Å². The Bertz CT molecular complexity index is 605. The standard InChI is InChI=1S/C14H16N4O2/c15-5-1-3-11(14(19)20)7-12-9-18(10-17-12)13-4-2-6-16-8-13/h2-4,6,8-10H,1,5,7,15H2,(H,19,20)/b11-3-. The van der Waals surface area contributed by atoms with Gasteiger partial charge in [-0.15, -0.1) is 0 Å². The van der Waals surface area contributed by atoms with Crippen molar-refractivity contribution in [1.82, 2.24) is 14.5 Å². The molecule has 2 heterocycles. The van der Waals surface area contributed by atoms with E-state index in [0.717, 1.165) is 5.69 Å². The Balaban J connectivity index is 2.15. The van der Waals surface area contributed by atoms with E-state index in [0.29, 0.717) is 24.2 Å². The number of carboxylic acids is 1. The highest BCUT2D eigenvalue weighted by Crippen LogP contribution is 2.11. The van der Waals surface area contributed by atoms with Crippen molar-refractivity contribution in [2.24, 2.45) is 5.73 Å². The molecule has 0 radical (unpaired) electrons. The van der Waals surface area contributed by atoms with Crippen LogP contribution in [0.2, 0.25) is 0 Å². The van der Waals surface area contributed by atoms with Crippen molar-refractivity contribution in [2.75, 3.05) is 6.54 Å². The summed E-state index contributed by atoms with van der Waals surface area (Å²) in [5.74, 6) is -0.936. The summed E-state index contributed by atoms with van der Waals surface area (Å²) >= 11 is 0. The van der Waals surface area contributed by atoms with E-state index >= 15 is 0 Å². The van der Waals surface area contributed by atoms with Crippen molar-refractivity contribution in [3.05, 3.63) is 54.4 Å². The first-order valence-corrected chi connectivity index (χ1v) is 6.26. The van der Waals surface area contributed by atoms with E-state index in [2.05, 4.69) is 9.97 Å². The number of aromatic nitrogens is 3. The van der Waals surface area contributed by atoms with E-state index in [1.165, 1.54) is 0 Å². The number of nitrogens with zero attached hydrogens (tertiary/aromatic N) is 3. The van der Waals surface area contributed by atoms with Crippen molar-refractivity contribution in [2.45, 2.75) is 12.8 Å². The normalized spacial score (nSPS) is 11.6. The fourth-order valence-electron chi connectivity index (χ4n) is 1.79. The van der Waals surface area contributed by atoms with Crippen LogP contribution in [0, 0.1) is 0 Å². The lowest BCUT2D eigenvalue weighted by Gasteiger charge is -2.00. The molecule has 6 nitrogen and oxygen atoms in total. The Morgan fingerprint density at radius 3 is 3.00 bits per heavy atom. The van der Waals surface area contributed by atoms with Gasteiger partial charge in [0.2, 0.25) is 0 Å². The highest BCUT2D eigenvalue weighted by molar-refractivity contribution is 5.86. The molecule has 0 aliphatic rings. The average molecular weight is 272 g/mol. The molecule has 2 aromatic rings. The molecule has 0 saturated carbocycles. The van der Waals surface area contributed by atoms with Crippen LogP contribution in [0.1, 0.15) is 12.1 Å². The molecule has 0 amide bonds. The molecule has 2 rings (SSSR count). The maximum Gasteiger partial charge on any atom is 0.331 e. The third-order valence-electron chi connectivity index (χ3n) is 2.78. The van der Waals surface area contributed by atoms with Crippen LogP contribution in [-0.2, 0) is 11.2 Å². The minimum atomic E-state index is -0.936. The largest absolute Gasteiger partial charge is 0.478 e. The zero-order valence-corrected chi connectivity index (χ0v) is 10.9. The smallest absolute Gasteiger partial charge is 0.331 e. The van der Waals surface area contributed by atoms with Crippen LogP contribution in [0.15, 0.2) is 48.7 Å². The molecule has 0 unspecified atom stereocenters. The summed E-state index contributed by atoms with van der Waals surface area (Å²) in [6, 6.07) is 3.74. The van der Waals surface area contributed by atoms with Crippen molar-refractivity contribution in [1.29, 1.82) is 0 Å². The second-order valence-corrected chi connectivity index (χ2v) is 4.27. The summed E-state index contributed by atoms with van der Waals surface area (Å²) in [4.78, 5) is 19.4. The molecular weight excluding hydrogens is 256 g/mol. The maximum absolute atomic E-state index is 11.1. The molecule has 3 N–H and O–H groups in total. The lowest BCUT2D eigenvalue weighted by Crippen LogP contribution is -2.06. The molecule has 0 aliphatic heterocycles. The number of carbonyl (C=O) groups is 1. The number of imidazole rings is 1. The summed E-state index contributed by atoms with van der Waals surface area (Å²) in [5.41, 5.74) is 7.28. The molecule has 20 heavy (non-hydrogen) atoms. The Morgan fingerprint density at radius 1 is 1.50 bits per heavy atom. The zero-order chi connectivity index (χ0) is 14.4. The van der Waals surface area contributed by atoms with Gasteiger partial charge in [0.05, 0.1) is 23.9 Å². The van der Waals surface area contributed by atoms with E-state index in [1.54, 1.807) is 31.0 Å². The molecule has 0 saturated heterocycles.